The number of anilines is 1. The molecule has 0 fully saturated rings. The number of hydrogen-bond acceptors (Lipinski definition) is 2. The van der Waals surface area contributed by atoms with Crippen molar-refractivity contribution >= 4 is 23.8 Å². The Kier molecular flexibility index (Phi) is 16.6. The zero-order valence-electron chi connectivity index (χ0n) is 11.0. The average Bonchev–Trinajstić information content (AvgIpc) is 2.29. The molecule has 3 nitrogen and oxygen atoms in total. The molecule has 0 bridgehead atoms. The number of hydrogen-bond donors (Lipinski definition) is 0. The van der Waals surface area contributed by atoms with Gasteiger partial charge in [-0.2, -0.15) is 0 Å². The normalized spacial score (nSPS) is 8.06. The summed E-state index contributed by atoms with van der Waals surface area (Å²) in [7, 11) is 0. The van der Waals surface area contributed by atoms with E-state index in [0.717, 1.165) is 25.9 Å². The number of rotatable bonds is 5. The van der Waals surface area contributed by atoms with E-state index in [2.05, 4.69) is 23.7 Å². The van der Waals surface area contributed by atoms with E-state index in [4.69, 9.17) is 5.39 Å². The van der Waals surface area contributed by atoms with E-state index < -0.39 is 0 Å². The maximum absolute atomic E-state index is 8.59. The maximum atomic E-state index is 8.59. The van der Waals surface area contributed by atoms with E-state index in [9.17, 15) is 0 Å². The molecule has 0 aliphatic rings. The van der Waals surface area contributed by atoms with Crippen LogP contribution in [0.4, 0.5) is 11.4 Å². The average molecular weight is 342 g/mol. The van der Waals surface area contributed by atoms with Crippen LogP contribution in [-0.4, -0.2) is 13.1 Å². The van der Waals surface area contributed by atoms with Gasteiger partial charge in [0.05, 0.1) is 0 Å². The van der Waals surface area contributed by atoms with E-state index in [-0.39, 0.29) is 44.3 Å². The molecule has 0 aromatic heterocycles. The Morgan fingerprint density at radius 1 is 1.06 bits per heavy atom. The van der Waals surface area contributed by atoms with Crippen molar-refractivity contribution in [3.63, 3.8) is 0 Å². The summed E-state index contributed by atoms with van der Waals surface area (Å²) >= 11 is 0. The van der Waals surface area contributed by atoms with Crippen LogP contribution in [0.5, 0.6) is 0 Å². The second kappa shape index (κ2) is 13.1. The van der Waals surface area contributed by atoms with Gasteiger partial charge in [0.2, 0.25) is 5.39 Å². The molecular weight excluding hydrogens is 322 g/mol. The molecule has 96 valence electrons. The van der Waals surface area contributed by atoms with E-state index in [1.54, 1.807) is 0 Å². The molecule has 0 saturated carbocycles. The topological polar surface area (TPSA) is 31.4 Å². The fraction of sp³-hybridized carbons (Fsp3) is 0.500. The SMILES string of the molecule is CCCN(CCC)c1ccc([N+]#N)cc1.Cl.[Cl-].[Zn+2]. The summed E-state index contributed by atoms with van der Waals surface area (Å²) in [4.78, 5) is 5.49. The Hall–Kier alpha value is -0.357. The molecule has 0 radical (unpaired) electrons. The van der Waals surface area contributed by atoms with Gasteiger partial charge in [0, 0.05) is 30.9 Å². The van der Waals surface area contributed by atoms with Gasteiger partial charge in [0.1, 0.15) is 0 Å². The van der Waals surface area contributed by atoms with Crippen LogP contribution in [0.2, 0.25) is 0 Å². The summed E-state index contributed by atoms with van der Waals surface area (Å²) in [5.41, 5.74) is 1.80. The van der Waals surface area contributed by atoms with Crippen LogP contribution in [0.1, 0.15) is 26.7 Å². The first-order valence-electron chi connectivity index (χ1n) is 5.52. The van der Waals surface area contributed by atoms with E-state index in [0.29, 0.717) is 5.69 Å². The summed E-state index contributed by atoms with van der Waals surface area (Å²) in [6.07, 6.45) is 2.29. The molecule has 6 heteroatoms. The van der Waals surface area contributed by atoms with Gasteiger partial charge in [0.25, 0.3) is 0 Å². The van der Waals surface area contributed by atoms with Crippen LogP contribution in [0.25, 0.3) is 4.98 Å². The van der Waals surface area contributed by atoms with Gasteiger partial charge in [-0.15, -0.1) is 12.4 Å². The summed E-state index contributed by atoms with van der Waals surface area (Å²) in [5, 5.41) is 8.59. The second-order valence-corrected chi connectivity index (χ2v) is 3.60. The summed E-state index contributed by atoms with van der Waals surface area (Å²) < 4.78 is 0. The van der Waals surface area contributed by atoms with Crippen molar-refractivity contribution in [3.8, 4) is 0 Å². The van der Waals surface area contributed by atoms with Crippen molar-refractivity contribution < 1.29 is 31.9 Å². The molecule has 0 saturated heterocycles. The van der Waals surface area contributed by atoms with Gasteiger partial charge >= 0.3 is 25.2 Å². The Morgan fingerprint density at radius 3 is 1.83 bits per heavy atom. The molecule has 0 aliphatic carbocycles. The Labute approximate surface area is 135 Å². The number of halogens is 2. The first-order chi connectivity index (χ1) is 7.31. The molecule has 1 aromatic rings. The first-order valence-corrected chi connectivity index (χ1v) is 5.52. The Morgan fingerprint density at radius 2 is 1.50 bits per heavy atom. The third-order valence-corrected chi connectivity index (χ3v) is 2.32. The minimum absolute atomic E-state index is 0. The molecule has 1 aromatic carbocycles. The maximum Gasteiger partial charge on any atom is 2.00 e. The molecule has 0 atom stereocenters. The molecular formula is C12H19Cl2N3Zn+2. The molecule has 0 amide bonds. The van der Waals surface area contributed by atoms with Crippen LogP contribution in [0, 0.1) is 5.39 Å². The third kappa shape index (κ3) is 7.16. The third-order valence-electron chi connectivity index (χ3n) is 2.32. The zero-order valence-corrected chi connectivity index (χ0v) is 15.5. The standard InChI is InChI=1S/C12H18N3.2ClH.Zn/c1-3-9-15(10-4-2)12-7-5-11(14-13)6-8-12;;;/h5-8H,3-4,9-10H2,1-2H3;2*1H;/q+1;;;+2/p-1. The fourth-order valence-electron chi connectivity index (χ4n) is 1.64. The first kappa shape index (κ1) is 22.8. The van der Waals surface area contributed by atoms with E-state index in [1.807, 2.05) is 24.3 Å². The summed E-state index contributed by atoms with van der Waals surface area (Å²) in [5.74, 6) is 0. The molecule has 0 spiro atoms. The van der Waals surface area contributed by atoms with Gasteiger partial charge in [-0.3, -0.25) is 0 Å². The molecule has 1 rings (SSSR count). The van der Waals surface area contributed by atoms with Crippen LogP contribution >= 0.6 is 12.4 Å². The van der Waals surface area contributed by atoms with Crippen molar-refractivity contribution in [2.45, 2.75) is 26.7 Å². The summed E-state index contributed by atoms with van der Waals surface area (Å²) in [6.45, 7) is 6.51. The number of diazo groups is 1. The predicted molar refractivity (Wildman–Crippen MR) is 71.2 cm³/mol. The minimum Gasteiger partial charge on any atom is -1.00 e. The molecule has 0 aliphatic heterocycles. The van der Waals surface area contributed by atoms with Gasteiger partial charge in [0.15, 0.2) is 4.98 Å². The minimum atomic E-state index is 0. The van der Waals surface area contributed by atoms with Crippen molar-refractivity contribution in [2.75, 3.05) is 18.0 Å². The van der Waals surface area contributed by atoms with Crippen LogP contribution < -0.4 is 17.3 Å². The van der Waals surface area contributed by atoms with Gasteiger partial charge in [-0.25, -0.2) is 0 Å². The number of nitrogens with zero attached hydrogens (tertiary/aromatic N) is 3. The Balaban J connectivity index is -0.000000750. The van der Waals surface area contributed by atoms with Crippen molar-refractivity contribution in [3.05, 3.63) is 29.2 Å². The number of benzene rings is 1. The van der Waals surface area contributed by atoms with Crippen molar-refractivity contribution in [2.24, 2.45) is 0 Å². The quantitative estimate of drug-likeness (QED) is 0.596. The van der Waals surface area contributed by atoms with Crippen molar-refractivity contribution in [1.82, 2.24) is 0 Å². The summed E-state index contributed by atoms with van der Waals surface area (Å²) in [6, 6.07) is 7.65. The van der Waals surface area contributed by atoms with Gasteiger partial charge < -0.3 is 17.3 Å². The van der Waals surface area contributed by atoms with Gasteiger partial charge in [-0.1, -0.05) is 13.8 Å². The monoisotopic (exact) mass is 339 g/mol. The van der Waals surface area contributed by atoms with Crippen LogP contribution in [0.3, 0.4) is 0 Å². The zero-order chi connectivity index (χ0) is 11.1. The Bertz CT molecular complexity index is 332. The van der Waals surface area contributed by atoms with Crippen molar-refractivity contribution in [1.29, 1.82) is 5.39 Å². The van der Waals surface area contributed by atoms with Crippen LogP contribution in [-0.2, 0) is 19.5 Å². The largest absolute Gasteiger partial charge is 2.00 e. The molecule has 0 unspecified atom stereocenters. The predicted octanol–water partition coefficient (Wildman–Crippen LogP) is 1.22. The smallest absolute Gasteiger partial charge is 1.00 e. The fourth-order valence-corrected chi connectivity index (χ4v) is 1.64. The second-order valence-electron chi connectivity index (χ2n) is 3.60. The molecule has 0 N–H and O–H groups in total. The van der Waals surface area contributed by atoms with E-state index in [1.165, 1.54) is 5.69 Å². The molecule has 18 heavy (non-hydrogen) atoms. The van der Waals surface area contributed by atoms with Gasteiger partial charge in [-0.05, 0) is 25.0 Å². The van der Waals surface area contributed by atoms with E-state index >= 15 is 0 Å². The molecule has 0 heterocycles. The van der Waals surface area contributed by atoms with Crippen LogP contribution in [0.15, 0.2) is 24.3 Å².